The summed E-state index contributed by atoms with van der Waals surface area (Å²) < 4.78 is 58.9. The van der Waals surface area contributed by atoms with Crippen LogP contribution in [-0.4, -0.2) is 17.4 Å². The second-order valence-corrected chi connectivity index (χ2v) is 2.82. The molecule has 0 spiro atoms. The van der Waals surface area contributed by atoms with Gasteiger partial charge in [0, 0.05) is 11.8 Å². The highest BCUT2D eigenvalue weighted by Crippen LogP contribution is 2.39. The molecule has 6 heteroatoms. The van der Waals surface area contributed by atoms with Crippen LogP contribution < -0.4 is 0 Å². The van der Waals surface area contributed by atoms with Gasteiger partial charge in [0.25, 0.3) is 0 Å². The van der Waals surface area contributed by atoms with E-state index in [1.165, 1.54) is 0 Å². The van der Waals surface area contributed by atoms with E-state index in [1.54, 1.807) is 0 Å². The van der Waals surface area contributed by atoms with E-state index in [4.69, 9.17) is 0 Å². The molecule has 72 valence electrons. The fourth-order valence-electron chi connectivity index (χ4n) is 0.461. The molecule has 0 rings (SSSR count). The quantitative estimate of drug-likeness (QED) is 0.410. The highest BCUT2D eigenvalue weighted by molar-refractivity contribution is 9.09. The molecule has 0 bridgehead atoms. The minimum Gasteiger partial charge on any atom is -0.196 e. The van der Waals surface area contributed by atoms with Crippen molar-refractivity contribution in [2.75, 3.05) is 5.33 Å². The van der Waals surface area contributed by atoms with Gasteiger partial charge in [0.15, 0.2) is 0 Å². The zero-order valence-corrected chi connectivity index (χ0v) is 7.48. The van der Waals surface area contributed by atoms with Gasteiger partial charge in [-0.15, -0.1) is 0 Å². The van der Waals surface area contributed by atoms with Crippen LogP contribution in [0.4, 0.5) is 22.0 Å². The molecule has 0 N–H and O–H groups in total. The summed E-state index contributed by atoms with van der Waals surface area (Å²) in [6, 6.07) is 0. The van der Waals surface area contributed by atoms with Crippen LogP contribution in [0.1, 0.15) is 6.42 Å². The molecule has 0 amide bonds. The van der Waals surface area contributed by atoms with Crippen molar-refractivity contribution in [2.24, 2.45) is 0 Å². The third kappa shape index (κ3) is 3.08. The van der Waals surface area contributed by atoms with Crippen molar-refractivity contribution in [1.82, 2.24) is 0 Å². The van der Waals surface area contributed by atoms with Crippen LogP contribution in [0, 0.1) is 0 Å². The van der Waals surface area contributed by atoms with Gasteiger partial charge < -0.3 is 0 Å². The molecular weight excluding hydrogens is 247 g/mol. The highest BCUT2D eigenvalue weighted by atomic mass is 79.9. The van der Waals surface area contributed by atoms with E-state index in [2.05, 4.69) is 22.5 Å². The maximum atomic E-state index is 12.2. The first-order valence-corrected chi connectivity index (χ1v) is 4.00. The predicted molar refractivity (Wildman–Crippen MR) is 38.6 cm³/mol. The van der Waals surface area contributed by atoms with Gasteiger partial charge in [-0.1, -0.05) is 28.1 Å². The van der Waals surface area contributed by atoms with Crippen LogP contribution in [0.3, 0.4) is 0 Å². The standard InChI is InChI=1S/C6H6BrF5/c1-4(3-7)2-5(8,9)6(10,11)12/h1-3H2. The summed E-state index contributed by atoms with van der Waals surface area (Å²) in [7, 11) is 0. The molecule has 0 aliphatic rings. The van der Waals surface area contributed by atoms with Crippen molar-refractivity contribution >= 4 is 15.9 Å². The summed E-state index contributed by atoms with van der Waals surface area (Å²) in [6.07, 6.45) is -6.85. The smallest absolute Gasteiger partial charge is 0.196 e. The average molecular weight is 253 g/mol. The maximum absolute atomic E-state index is 12.2. The molecular formula is C6H6BrF5. The molecule has 0 unspecified atom stereocenters. The molecule has 0 heterocycles. The molecule has 0 aromatic heterocycles. The lowest BCUT2D eigenvalue weighted by Crippen LogP contribution is -2.36. The zero-order chi connectivity index (χ0) is 9.99. The summed E-state index contributed by atoms with van der Waals surface area (Å²) in [6.45, 7) is 3.04. The van der Waals surface area contributed by atoms with Crippen molar-refractivity contribution in [2.45, 2.75) is 18.5 Å². The van der Waals surface area contributed by atoms with Gasteiger partial charge in [0.1, 0.15) is 0 Å². The minimum atomic E-state index is -5.49. The molecule has 0 aromatic rings. The molecule has 0 saturated carbocycles. The normalized spacial score (nSPS) is 13.2. The summed E-state index contributed by atoms with van der Waals surface area (Å²) in [5.41, 5.74) is -0.183. The highest BCUT2D eigenvalue weighted by Gasteiger charge is 2.57. The monoisotopic (exact) mass is 252 g/mol. The Morgan fingerprint density at radius 1 is 1.17 bits per heavy atom. The van der Waals surface area contributed by atoms with Crippen LogP contribution in [0.25, 0.3) is 0 Å². The second-order valence-electron chi connectivity index (χ2n) is 2.26. The van der Waals surface area contributed by atoms with Crippen molar-refractivity contribution in [1.29, 1.82) is 0 Å². The Kier molecular flexibility index (Phi) is 3.68. The molecule has 0 aliphatic heterocycles. The summed E-state index contributed by atoms with van der Waals surface area (Å²) in [5, 5.41) is -0.0569. The van der Waals surface area contributed by atoms with Crippen molar-refractivity contribution in [3.05, 3.63) is 12.2 Å². The van der Waals surface area contributed by atoms with Gasteiger partial charge in [0.2, 0.25) is 0 Å². The largest absolute Gasteiger partial charge is 0.453 e. The molecule has 0 aromatic carbocycles. The Hall–Kier alpha value is -0.130. The Balaban J connectivity index is 4.33. The summed E-state index contributed by atoms with van der Waals surface area (Å²) in [5.74, 6) is -4.67. The Labute approximate surface area is 74.6 Å². The number of halogens is 6. The number of hydrogen-bond donors (Lipinski definition) is 0. The van der Waals surface area contributed by atoms with E-state index in [0.717, 1.165) is 0 Å². The van der Waals surface area contributed by atoms with Gasteiger partial charge in [-0.2, -0.15) is 22.0 Å². The Morgan fingerprint density at radius 3 is 1.83 bits per heavy atom. The van der Waals surface area contributed by atoms with E-state index in [-0.39, 0.29) is 10.9 Å². The third-order valence-corrected chi connectivity index (χ3v) is 1.87. The Bertz CT molecular complexity index is 171. The molecule has 0 fully saturated rings. The van der Waals surface area contributed by atoms with Gasteiger partial charge in [-0.3, -0.25) is 0 Å². The molecule has 0 saturated heterocycles. The molecule has 12 heavy (non-hydrogen) atoms. The lowest BCUT2D eigenvalue weighted by molar-refractivity contribution is -0.281. The predicted octanol–water partition coefficient (Wildman–Crippen LogP) is 3.53. The van der Waals surface area contributed by atoms with E-state index in [9.17, 15) is 22.0 Å². The first-order valence-electron chi connectivity index (χ1n) is 2.88. The van der Waals surface area contributed by atoms with E-state index in [1.807, 2.05) is 0 Å². The van der Waals surface area contributed by atoms with Crippen LogP contribution in [0.5, 0.6) is 0 Å². The fraction of sp³-hybridized carbons (Fsp3) is 0.667. The number of allylic oxidation sites excluding steroid dienone is 1. The molecule has 0 atom stereocenters. The average Bonchev–Trinajstić information content (AvgIpc) is 1.84. The first-order chi connectivity index (χ1) is 5.20. The van der Waals surface area contributed by atoms with Gasteiger partial charge >= 0.3 is 12.1 Å². The third-order valence-electron chi connectivity index (χ3n) is 1.08. The zero-order valence-electron chi connectivity index (χ0n) is 5.89. The van der Waals surface area contributed by atoms with E-state index >= 15 is 0 Å². The maximum Gasteiger partial charge on any atom is 0.453 e. The lowest BCUT2D eigenvalue weighted by atomic mass is 10.1. The molecule has 0 nitrogen and oxygen atoms in total. The van der Waals surface area contributed by atoms with Crippen LogP contribution >= 0.6 is 15.9 Å². The van der Waals surface area contributed by atoms with Crippen LogP contribution in [-0.2, 0) is 0 Å². The fourth-order valence-corrected chi connectivity index (χ4v) is 0.660. The summed E-state index contributed by atoms with van der Waals surface area (Å²) >= 11 is 2.73. The second kappa shape index (κ2) is 3.72. The van der Waals surface area contributed by atoms with Crippen molar-refractivity contribution in [3.63, 3.8) is 0 Å². The van der Waals surface area contributed by atoms with E-state index < -0.39 is 18.5 Å². The first kappa shape index (κ1) is 11.9. The van der Waals surface area contributed by atoms with Gasteiger partial charge in [0.05, 0.1) is 0 Å². The van der Waals surface area contributed by atoms with Gasteiger partial charge in [-0.05, 0) is 0 Å². The van der Waals surface area contributed by atoms with E-state index in [0.29, 0.717) is 0 Å². The lowest BCUT2D eigenvalue weighted by Gasteiger charge is -2.19. The SMILES string of the molecule is C=C(CBr)CC(F)(F)C(F)(F)F. The van der Waals surface area contributed by atoms with Crippen LogP contribution in [0.2, 0.25) is 0 Å². The number of alkyl halides is 6. The number of hydrogen-bond acceptors (Lipinski definition) is 0. The topological polar surface area (TPSA) is 0 Å². The van der Waals surface area contributed by atoms with Crippen molar-refractivity contribution in [3.8, 4) is 0 Å². The van der Waals surface area contributed by atoms with Gasteiger partial charge in [-0.25, -0.2) is 0 Å². The molecule has 0 aliphatic carbocycles. The number of rotatable bonds is 3. The Morgan fingerprint density at radius 2 is 1.58 bits per heavy atom. The minimum absolute atomic E-state index is 0.0569. The van der Waals surface area contributed by atoms with Crippen molar-refractivity contribution < 1.29 is 22.0 Å². The molecule has 0 radical (unpaired) electrons. The summed E-state index contributed by atoms with van der Waals surface area (Å²) in [4.78, 5) is 0. The van der Waals surface area contributed by atoms with Crippen LogP contribution in [0.15, 0.2) is 12.2 Å².